The zero-order chi connectivity index (χ0) is 31.1. The molecule has 0 unspecified atom stereocenters. The van der Waals surface area contributed by atoms with E-state index < -0.39 is 38.0 Å². The Labute approximate surface area is 246 Å². The minimum atomic E-state index is -4.47. The number of non-ortho nitro benzene ring substituents is 1. The number of aryl methyl sites for hydroxylation is 1. The van der Waals surface area contributed by atoms with Crippen molar-refractivity contribution in [1.29, 1.82) is 0 Å². The number of hydrogen-bond acceptors (Lipinski definition) is 11. The number of nitrogens with zero attached hydrogens (tertiary/aromatic N) is 5. The largest absolute Gasteiger partial charge is 0.497 e. The number of methoxy groups -OCH3 is 1. The van der Waals surface area contributed by atoms with Crippen LogP contribution in [0.5, 0.6) is 5.75 Å². The molecule has 0 bridgehead atoms. The summed E-state index contributed by atoms with van der Waals surface area (Å²) < 4.78 is 38.7. The van der Waals surface area contributed by atoms with E-state index >= 15 is 0 Å². The van der Waals surface area contributed by atoms with Crippen molar-refractivity contribution >= 4 is 44.9 Å². The van der Waals surface area contributed by atoms with E-state index in [4.69, 9.17) is 9.47 Å². The van der Waals surface area contributed by atoms with Crippen molar-refractivity contribution < 1.29 is 32.5 Å². The topological polar surface area (TPSA) is 187 Å². The molecule has 226 valence electrons. The maximum atomic E-state index is 13.7. The Morgan fingerprint density at radius 1 is 1.07 bits per heavy atom. The molecule has 1 amide bonds. The number of carbonyl (C=O) groups excluding carboxylic acids is 1. The molecule has 16 heteroatoms. The van der Waals surface area contributed by atoms with E-state index in [1.165, 1.54) is 68.8 Å². The number of hydrazone groups is 1. The predicted octanol–water partition coefficient (Wildman–Crippen LogP) is 3.00. The zero-order valence-corrected chi connectivity index (χ0v) is 24.0. The smallest absolute Gasteiger partial charge is 0.273 e. The first kappa shape index (κ1) is 30.9. The highest BCUT2D eigenvalue weighted by Gasteiger charge is 2.29. The third-order valence-corrected chi connectivity index (χ3v) is 8.35. The van der Waals surface area contributed by atoms with E-state index in [-0.39, 0.29) is 21.8 Å². The Kier molecular flexibility index (Phi) is 9.52. The number of rotatable bonds is 11. The van der Waals surface area contributed by atoms with Gasteiger partial charge in [0.15, 0.2) is 0 Å². The first-order chi connectivity index (χ1) is 20.5. The van der Waals surface area contributed by atoms with Gasteiger partial charge in [0.25, 0.3) is 27.3 Å². The Morgan fingerprint density at radius 2 is 1.77 bits per heavy atom. The maximum Gasteiger partial charge on any atom is 0.273 e. The van der Waals surface area contributed by atoms with Crippen LogP contribution in [0.2, 0.25) is 0 Å². The Morgan fingerprint density at radius 3 is 2.40 bits per heavy atom. The lowest BCUT2D eigenvalue weighted by atomic mass is 10.1. The van der Waals surface area contributed by atoms with Crippen molar-refractivity contribution in [1.82, 2.24) is 5.43 Å². The van der Waals surface area contributed by atoms with Gasteiger partial charge >= 0.3 is 0 Å². The summed E-state index contributed by atoms with van der Waals surface area (Å²) in [6.07, 6.45) is 1.24. The molecule has 0 aromatic heterocycles. The highest BCUT2D eigenvalue weighted by molar-refractivity contribution is 7.92. The van der Waals surface area contributed by atoms with E-state index in [0.717, 1.165) is 10.4 Å². The fraction of sp³-hybridized carbons (Fsp3) is 0.259. The molecule has 1 saturated heterocycles. The lowest BCUT2D eigenvalue weighted by Gasteiger charge is -2.29. The molecule has 43 heavy (non-hydrogen) atoms. The minimum Gasteiger partial charge on any atom is -0.497 e. The number of anilines is 2. The molecule has 1 aliphatic rings. The Hall–Kier alpha value is -5.09. The van der Waals surface area contributed by atoms with Crippen molar-refractivity contribution in [2.75, 3.05) is 49.2 Å². The molecule has 0 atom stereocenters. The van der Waals surface area contributed by atoms with Crippen molar-refractivity contribution in [3.8, 4) is 5.75 Å². The lowest BCUT2D eigenvalue weighted by Crippen LogP contribution is -2.39. The number of benzene rings is 3. The molecule has 1 aliphatic heterocycles. The molecule has 0 saturated carbocycles. The SMILES string of the molecule is COc1ccc(N(CC(=O)N/N=C\c2cc([N+](=O)[O-])ccc2N2CCOCC2)S(=O)(=O)c2ccc(C)c([N+](=O)[O-])c2)cc1. The maximum absolute atomic E-state index is 13.7. The third-order valence-electron chi connectivity index (χ3n) is 6.58. The summed E-state index contributed by atoms with van der Waals surface area (Å²) in [6, 6.07) is 13.6. The average molecular weight is 613 g/mol. The number of morpholine rings is 1. The van der Waals surface area contributed by atoms with Crippen LogP contribution in [0.25, 0.3) is 0 Å². The molecule has 4 rings (SSSR count). The van der Waals surface area contributed by atoms with Crippen LogP contribution in [0, 0.1) is 27.2 Å². The molecule has 1 fully saturated rings. The fourth-order valence-corrected chi connectivity index (χ4v) is 5.77. The number of nitrogens with one attached hydrogen (secondary N) is 1. The molecule has 1 N–H and O–H groups in total. The van der Waals surface area contributed by atoms with Gasteiger partial charge in [-0.05, 0) is 43.3 Å². The van der Waals surface area contributed by atoms with Crippen LogP contribution in [0.3, 0.4) is 0 Å². The van der Waals surface area contributed by atoms with Crippen LogP contribution < -0.4 is 19.4 Å². The van der Waals surface area contributed by atoms with E-state index in [2.05, 4.69) is 10.5 Å². The molecular formula is C27H28N6O9S. The minimum absolute atomic E-state index is 0.0939. The van der Waals surface area contributed by atoms with Gasteiger partial charge in [-0.1, -0.05) is 6.07 Å². The molecular weight excluding hydrogens is 584 g/mol. The quantitative estimate of drug-likeness (QED) is 0.192. The normalized spacial score (nSPS) is 13.5. The third kappa shape index (κ3) is 7.22. The molecule has 0 aliphatic carbocycles. The van der Waals surface area contributed by atoms with Gasteiger partial charge in [-0.3, -0.25) is 29.3 Å². The van der Waals surface area contributed by atoms with Crippen LogP contribution in [0.4, 0.5) is 22.7 Å². The number of nitro groups is 2. The number of nitro benzene ring substituents is 2. The van der Waals surface area contributed by atoms with Gasteiger partial charge in [0.1, 0.15) is 12.3 Å². The van der Waals surface area contributed by atoms with Crippen LogP contribution in [0.1, 0.15) is 11.1 Å². The molecule has 15 nitrogen and oxygen atoms in total. The number of hydrogen-bond donors (Lipinski definition) is 1. The summed E-state index contributed by atoms with van der Waals surface area (Å²) in [7, 11) is -3.04. The van der Waals surface area contributed by atoms with Crippen LogP contribution >= 0.6 is 0 Å². The second-order valence-corrected chi connectivity index (χ2v) is 11.2. The molecule has 1 heterocycles. The van der Waals surface area contributed by atoms with E-state index in [1.54, 1.807) is 6.07 Å². The van der Waals surface area contributed by atoms with Gasteiger partial charge in [-0.25, -0.2) is 13.8 Å². The van der Waals surface area contributed by atoms with Crippen molar-refractivity contribution in [2.24, 2.45) is 5.10 Å². The van der Waals surface area contributed by atoms with Crippen molar-refractivity contribution in [3.05, 3.63) is 92.0 Å². The average Bonchev–Trinajstić information content (AvgIpc) is 3.00. The van der Waals surface area contributed by atoms with Gasteiger partial charge < -0.3 is 14.4 Å². The number of amides is 1. The summed E-state index contributed by atoms with van der Waals surface area (Å²) >= 11 is 0. The molecule has 3 aromatic carbocycles. The lowest BCUT2D eigenvalue weighted by molar-refractivity contribution is -0.385. The van der Waals surface area contributed by atoms with Crippen LogP contribution in [-0.2, 0) is 19.6 Å². The van der Waals surface area contributed by atoms with Crippen LogP contribution in [-0.4, -0.2) is 70.3 Å². The van der Waals surface area contributed by atoms with Crippen LogP contribution in [0.15, 0.2) is 70.7 Å². The Bertz CT molecular complexity index is 1660. The monoisotopic (exact) mass is 612 g/mol. The highest BCUT2D eigenvalue weighted by Crippen LogP contribution is 2.29. The van der Waals surface area contributed by atoms with Gasteiger partial charge in [0.05, 0.1) is 47.0 Å². The summed E-state index contributed by atoms with van der Waals surface area (Å²) in [5, 5.41) is 26.8. The van der Waals surface area contributed by atoms with Crippen molar-refractivity contribution in [3.63, 3.8) is 0 Å². The van der Waals surface area contributed by atoms with Gasteiger partial charge in [0, 0.05) is 48.1 Å². The van der Waals surface area contributed by atoms with Gasteiger partial charge in [-0.2, -0.15) is 5.10 Å². The number of ether oxygens (including phenoxy) is 2. The van der Waals surface area contributed by atoms with E-state index in [1.807, 2.05) is 4.90 Å². The highest BCUT2D eigenvalue weighted by atomic mass is 32.2. The number of carbonyl (C=O) groups is 1. The fourth-order valence-electron chi connectivity index (χ4n) is 4.33. The number of sulfonamides is 1. The second-order valence-electron chi connectivity index (χ2n) is 9.31. The first-order valence-corrected chi connectivity index (χ1v) is 14.3. The van der Waals surface area contributed by atoms with E-state index in [9.17, 15) is 33.4 Å². The Balaban J connectivity index is 1.62. The summed E-state index contributed by atoms with van der Waals surface area (Å²) in [4.78, 5) is 36.2. The molecule has 0 spiro atoms. The zero-order valence-electron chi connectivity index (χ0n) is 23.2. The summed E-state index contributed by atoms with van der Waals surface area (Å²) in [5.41, 5.74) is 3.08. The van der Waals surface area contributed by atoms with Crippen molar-refractivity contribution in [2.45, 2.75) is 11.8 Å². The van der Waals surface area contributed by atoms with Gasteiger partial charge in [0.2, 0.25) is 0 Å². The summed E-state index contributed by atoms with van der Waals surface area (Å²) in [6.45, 7) is 2.80. The standard InChI is InChI=1S/C27H28N6O9S/c1-19-3-9-24(16-26(19)33(37)38)43(39,40)31(21-4-7-23(41-2)8-5-21)18-27(34)29-28-17-20-15-22(32(35)36)6-10-25(20)30-11-13-42-14-12-30/h3-10,15-17H,11-14,18H2,1-2H3,(H,29,34)/b28-17-. The summed E-state index contributed by atoms with van der Waals surface area (Å²) in [5.74, 6) is -0.398. The molecule has 0 radical (unpaired) electrons. The van der Waals surface area contributed by atoms with Gasteiger partial charge in [-0.15, -0.1) is 0 Å². The second kappa shape index (κ2) is 13.3. The predicted molar refractivity (Wildman–Crippen MR) is 157 cm³/mol. The first-order valence-electron chi connectivity index (χ1n) is 12.9. The van der Waals surface area contributed by atoms with E-state index in [0.29, 0.717) is 43.3 Å². The molecule has 3 aromatic rings.